The van der Waals surface area contributed by atoms with Crippen LogP contribution in [0.3, 0.4) is 0 Å². The van der Waals surface area contributed by atoms with E-state index < -0.39 is 0 Å². The Morgan fingerprint density at radius 3 is 2.34 bits per heavy atom. The van der Waals surface area contributed by atoms with Crippen molar-refractivity contribution in [2.24, 2.45) is 0 Å². The summed E-state index contributed by atoms with van der Waals surface area (Å²) < 4.78 is 0. The average Bonchev–Trinajstić information content (AvgIpc) is 2.76. The number of benzene rings is 1. The van der Waals surface area contributed by atoms with Crippen LogP contribution in [0, 0.1) is 6.92 Å². The van der Waals surface area contributed by atoms with Crippen molar-refractivity contribution in [1.29, 1.82) is 0 Å². The lowest BCUT2D eigenvalue weighted by atomic mass is 10.1. The Hall–Kier alpha value is -3.48. The predicted octanol–water partition coefficient (Wildman–Crippen LogP) is 3.89. The molecule has 0 aliphatic rings. The summed E-state index contributed by atoms with van der Waals surface area (Å²) in [5.74, 6) is 0.238. The summed E-state index contributed by atoms with van der Waals surface area (Å²) in [5, 5.41) is 6.07. The van der Waals surface area contributed by atoms with Gasteiger partial charge in [0.2, 0.25) is 5.95 Å². The third kappa shape index (κ3) is 5.28. The minimum absolute atomic E-state index is 0.232. The molecule has 7 nitrogen and oxygen atoms in total. The number of carbonyl (C=O) groups is 1. The number of rotatable bonds is 8. The van der Waals surface area contributed by atoms with E-state index in [-0.39, 0.29) is 5.91 Å². The normalized spacial score (nSPS) is 10.4. The second-order valence-electron chi connectivity index (χ2n) is 6.63. The largest absolute Gasteiger partial charge is 0.372 e. The van der Waals surface area contributed by atoms with E-state index in [0.29, 0.717) is 18.1 Å². The number of carbonyl (C=O) groups excluding carboxylic acids is 1. The van der Waals surface area contributed by atoms with Gasteiger partial charge in [-0.3, -0.25) is 9.78 Å². The molecule has 0 atom stereocenters. The molecule has 0 aliphatic heterocycles. The molecule has 7 heteroatoms. The summed E-state index contributed by atoms with van der Waals surface area (Å²) in [6.45, 7) is 8.73. The molecular formula is C22H26N6O. The Labute approximate surface area is 171 Å². The SMILES string of the molecule is CCN(CC)c1ccc(NC(=O)c2cnc(NCc3ccncc3)nc2)c(C)c1. The molecule has 2 N–H and O–H groups in total. The molecule has 2 heterocycles. The van der Waals surface area contributed by atoms with Crippen LogP contribution in [0.5, 0.6) is 0 Å². The molecule has 3 aromatic rings. The van der Waals surface area contributed by atoms with Crippen LogP contribution in [0.1, 0.15) is 35.3 Å². The van der Waals surface area contributed by atoms with E-state index in [1.807, 2.05) is 31.2 Å². The number of amides is 1. The van der Waals surface area contributed by atoms with Crippen LogP contribution in [0.4, 0.5) is 17.3 Å². The zero-order valence-corrected chi connectivity index (χ0v) is 17.0. The highest BCUT2D eigenvalue weighted by Gasteiger charge is 2.11. The first kappa shape index (κ1) is 20.3. The molecule has 0 aliphatic carbocycles. The lowest BCUT2D eigenvalue weighted by Gasteiger charge is -2.22. The van der Waals surface area contributed by atoms with Crippen molar-refractivity contribution in [3.8, 4) is 0 Å². The fraction of sp³-hybridized carbons (Fsp3) is 0.273. The first-order chi connectivity index (χ1) is 14.1. The third-order valence-corrected chi connectivity index (χ3v) is 4.70. The van der Waals surface area contributed by atoms with Crippen LogP contribution in [0.25, 0.3) is 0 Å². The molecule has 3 rings (SSSR count). The molecule has 0 bridgehead atoms. The van der Waals surface area contributed by atoms with Gasteiger partial charge in [-0.25, -0.2) is 9.97 Å². The lowest BCUT2D eigenvalue weighted by molar-refractivity contribution is 0.102. The molecular weight excluding hydrogens is 364 g/mol. The Bertz CT molecular complexity index is 939. The summed E-state index contributed by atoms with van der Waals surface area (Å²) in [5.41, 5.74) is 4.43. The monoisotopic (exact) mass is 390 g/mol. The van der Waals surface area contributed by atoms with E-state index in [0.717, 1.165) is 35.6 Å². The van der Waals surface area contributed by atoms with Crippen LogP contribution >= 0.6 is 0 Å². The summed E-state index contributed by atoms with van der Waals surface area (Å²) >= 11 is 0. The number of pyridine rings is 1. The molecule has 0 unspecified atom stereocenters. The van der Waals surface area contributed by atoms with Crippen molar-refractivity contribution >= 4 is 23.2 Å². The quantitative estimate of drug-likeness (QED) is 0.607. The third-order valence-electron chi connectivity index (χ3n) is 4.70. The van der Waals surface area contributed by atoms with Crippen LogP contribution in [0.2, 0.25) is 0 Å². The van der Waals surface area contributed by atoms with Gasteiger partial charge in [-0.2, -0.15) is 0 Å². The zero-order chi connectivity index (χ0) is 20.6. The molecule has 29 heavy (non-hydrogen) atoms. The minimum atomic E-state index is -0.232. The number of aryl methyl sites for hydroxylation is 1. The Balaban J connectivity index is 1.62. The highest BCUT2D eigenvalue weighted by atomic mass is 16.1. The number of anilines is 3. The van der Waals surface area contributed by atoms with Crippen molar-refractivity contribution in [1.82, 2.24) is 15.0 Å². The number of hydrogen-bond donors (Lipinski definition) is 2. The van der Waals surface area contributed by atoms with Gasteiger partial charge in [0.1, 0.15) is 0 Å². The zero-order valence-electron chi connectivity index (χ0n) is 17.0. The second kappa shape index (κ2) is 9.64. The van der Waals surface area contributed by atoms with E-state index in [2.05, 4.69) is 50.4 Å². The van der Waals surface area contributed by atoms with Crippen molar-refractivity contribution in [2.45, 2.75) is 27.3 Å². The molecule has 150 valence electrons. The van der Waals surface area contributed by atoms with Gasteiger partial charge < -0.3 is 15.5 Å². The number of nitrogens with zero attached hydrogens (tertiary/aromatic N) is 4. The molecule has 0 spiro atoms. The lowest BCUT2D eigenvalue weighted by Crippen LogP contribution is -2.22. The van der Waals surface area contributed by atoms with E-state index >= 15 is 0 Å². The Morgan fingerprint density at radius 2 is 1.72 bits per heavy atom. The van der Waals surface area contributed by atoms with Gasteiger partial charge >= 0.3 is 0 Å². The van der Waals surface area contributed by atoms with Crippen molar-refractivity contribution in [2.75, 3.05) is 28.6 Å². The topological polar surface area (TPSA) is 83.0 Å². The Morgan fingerprint density at radius 1 is 1.03 bits per heavy atom. The fourth-order valence-electron chi connectivity index (χ4n) is 2.99. The molecule has 0 fully saturated rings. The minimum Gasteiger partial charge on any atom is -0.372 e. The maximum Gasteiger partial charge on any atom is 0.258 e. The average molecular weight is 390 g/mol. The number of hydrogen-bond acceptors (Lipinski definition) is 6. The Kier molecular flexibility index (Phi) is 6.73. The van der Waals surface area contributed by atoms with E-state index in [1.54, 1.807) is 12.4 Å². The van der Waals surface area contributed by atoms with Crippen molar-refractivity contribution in [3.05, 3.63) is 71.8 Å². The molecule has 1 aromatic carbocycles. The van der Waals surface area contributed by atoms with Gasteiger partial charge in [-0.05, 0) is 62.2 Å². The van der Waals surface area contributed by atoms with Crippen LogP contribution in [-0.4, -0.2) is 33.9 Å². The van der Waals surface area contributed by atoms with Gasteiger partial charge in [-0.1, -0.05) is 0 Å². The first-order valence-corrected chi connectivity index (χ1v) is 9.72. The summed E-state index contributed by atoms with van der Waals surface area (Å²) in [6, 6.07) is 9.89. The van der Waals surface area contributed by atoms with Crippen molar-refractivity contribution in [3.63, 3.8) is 0 Å². The smallest absolute Gasteiger partial charge is 0.258 e. The van der Waals surface area contributed by atoms with Gasteiger partial charge in [0, 0.05) is 55.8 Å². The number of nitrogens with one attached hydrogen (secondary N) is 2. The number of aromatic nitrogens is 3. The molecule has 2 aromatic heterocycles. The summed E-state index contributed by atoms with van der Waals surface area (Å²) in [4.78, 5) is 27.3. The fourth-order valence-corrected chi connectivity index (χ4v) is 2.99. The van der Waals surface area contributed by atoms with Crippen LogP contribution in [0.15, 0.2) is 55.1 Å². The second-order valence-corrected chi connectivity index (χ2v) is 6.63. The standard InChI is InChI=1S/C22H26N6O/c1-4-28(5-2)19-6-7-20(16(3)12-19)27-21(29)18-14-25-22(26-15-18)24-13-17-8-10-23-11-9-17/h6-12,14-15H,4-5,13H2,1-3H3,(H,27,29)(H,24,25,26). The van der Waals surface area contributed by atoms with Gasteiger partial charge in [-0.15, -0.1) is 0 Å². The van der Waals surface area contributed by atoms with Gasteiger partial charge in [0.05, 0.1) is 5.56 Å². The predicted molar refractivity (Wildman–Crippen MR) is 116 cm³/mol. The van der Waals surface area contributed by atoms with Gasteiger partial charge in [0.15, 0.2) is 0 Å². The highest BCUT2D eigenvalue weighted by Crippen LogP contribution is 2.23. The van der Waals surface area contributed by atoms with E-state index in [4.69, 9.17) is 0 Å². The maximum absolute atomic E-state index is 12.6. The summed E-state index contributed by atoms with van der Waals surface area (Å²) in [7, 11) is 0. The van der Waals surface area contributed by atoms with E-state index in [9.17, 15) is 4.79 Å². The maximum atomic E-state index is 12.6. The van der Waals surface area contributed by atoms with E-state index in [1.165, 1.54) is 12.4 Å². The van der Waals surface area contributed by atoms with Crippen molar-refractivity contribution < 1.29 is 4.79 Å². The molecule has 0 saturated heterocycles. The molecule has 1 amide bonds. The first-order valence-electron chi connectivity index (χ1n) is 9.72. The molecule has 0 radical (unpaired) electrons. The summed E-state index contributed by atoms with van der Waals surface area (Å²) in [6.07, 6.45) is 6.53. The van der Waals surface area contributed by atoms with Gasteiger partial charge in [0.25, 0.3) is 5.91 Å². The highest BCUT2D eigenvalue weighted by molar-refractivity contribution is 6.04. The molecule has 0 saturated carbocycles. The van der Waals surface area contributed by atoms with Crippen LogP contribution in [-0.2, 0) is 6.54 Å². The van der Waals surface area contributed by atoms with Crippen LogP contribution < -0.4 is 15.5 Å².